The molecule has 0 fully saturated rings. The van der Waals surface area contributed by atoms with Crippen molar-refractivity contribution in [1.29, 1.82) is 0 Å². The van der Waals surface area contributed by atoms with Gasteiger partial charge in [-0.25, -0.2) is 0 Å². The topological polar surface area (TPSA) is 51.1 Å². The van der Waals surface area contributed by atoms with E-state index in [2.05, 4.69) is 9.73 Å². The van der Waals surface area contributed by atoms with Crippen molar-refractivity contribution >= 4 is 23.2 Å². The summed E-state index contributed by atoms with van der Waals surface area (Å²) in [5, 5.41) is 0.305. The third-order valence-electron chi connectivity index (χ3n) is 4.91. The van der Waals surface area contributed by atoms with Crippen LogP contribution in [-0.4, -0.2) is 29.5 Å². The van der Waals surface area contributed by atoms with Gasteiger partial charge < -0.3 is 14.4 Å². The highest BCUT2D eigenvalue weighted by Crippen LogP contribution is 2.34. The zero-order valence-electron chi connectivity index (χ0n) is 16.3. The predicted octanol–water partition coefficient (Wildman–Crippen LogP) is 5.52. The SMILES string of the molecule is O=C1c2c(Cl)cc(OCC3=NC=CCC3)cc2CN1Cc1ccc(OC(F)(F)F)cc1. The van der Waals surface area contributed by atoms with Crippen LogP contribution in [0.5, 0.6) is 11.5 Å². The number of aliphatic imine (C=N–C) groups is 1. The van der Waals surface area contributed by atoms with E-state index >= 15 is 0 Å². The normalized spacial score (nSPS) is 15.7. The van der Waals surface area contributed by atoms with Crippen LogP contribution in [0.1, 0.15) is 34.3 Å². The van der Waals surface area contributed by atoms with Crippen molar-refractivity contribution in [1.82, 2.24) is 4.90 Å². The highest BCUT2D eigenvalue weighted by Gasteiger charge is 2.32. The first-order chi connectivity index (χ1) is 14.8. The van der Waals surface area contributed by atoms with E-state index in [-0.39, 0.29) is 18.2 Å². The van der Waals surface area contributed by atoms with Crippen molar-refractivity contribution in [2.45, 2.75) is 32.3 Å². The highest BCUT2D eigenvalue weighted by atomic mass is 35.5. The number of halogens is 4. The summed E-state index contributed by atoms with van der Waals surface area (Å²) >= 11 is 6.35. The van der Waals surface area contributed by atoms with Gasteiger partial charge in [-0.05, 0) is 48.2 Å². The maximum Gasteiger partial charge on any atom is 0.573 e. The molecule has 2 aliphatic rings. The fourth-order valence-electron chi connectivity index (χ4n) is 3.49. The molecule has 0 aliphatic carbocycles. The number of rotatable bonds is 6. The molecule has 2 aromatic carbocycles. The molecule has 0 saturated heterocycles. The van der Waals surface area contributed by atoms with Crippen LogP contribution >= 0.6 is 11.6 Å². The van der Waals surface area contributed by atoms with E-state index in [0.717, 1.165) is 24.1 Å². The van der Waals surface area contributed by atoms with Crippen molar-refractivity contribution in [3.05, 3.63) is 70.4 Å². The molecule has 4 rings (SSSR count). The molecule has 0 N–H and O–H groups in total. The van der Waals surface area contributed by atoms with Gasteiger partial charge in [0.1, 0.15) is 18.1 Å². The number of allylic oxidation sites excluding steroid dienone is 1. The van der Waals surface area contributed by atoms with Crippen LogP contribution in [0, 0.1) is 0 Å². The Bertz CT molecular complexity index is 1050. The Hall–Kier alpha value is -3.00. The van der Waals surface area contributed by atoms with E-state index < -0.39 is 6.36 Å². The first-order valence-electron chi connectivity index (χ1n) is 9.58. The number of fused-ring (bicyclic) bond motifs is 1. The van der Waals surface area contributed by atoms with Gasteiger partial charge in [-0.15, -0.1) is 13.2 Å². The minimum atomic E-state index is -4.75. The average Bonchev–Trinajstić information content (AvgIpc) is 3.03. The lowest BCUT2D eigenvalue weighted by atomic mass is 10.1. The van der Waals surface area contributed by atoms with Gasteiger partial charge in [-0.1, -0.05) is 29.8 Å². The van der Waals surface area contributed by atoms with Crippen molar-refractivity contribution in [2.75, 3.05) is 6.61 Å². The molecule has 0 bridgehead atoms. The van der Waals surface area contributed by atoms with E-state index in [9.17, 15) is 18.0 Å². The molecule has 162 valence electrons. The number of benzene rings is 2. The highest BCUT2D eigenvalue weighted by molar-refractivity contribution is 6.34. The predicted molar refractivity (Wildman–Crippen MR) is 109 cm³/mol. The summed E-state index contributed by atoms with van der Waals surface area (Å²) in [6, 6.07) is 8.83. The Labute approximate surface area is 181 Å². The van der Waals surface area contributed by atoms with Crippen LogP contribution in [0.3, 0.4) is 0 Å². The fourth-order valence-corrected chi connectivity index (χ4v) is 3.80. The van der Waals surface area contributed by atoms with Gasteiger partial charge in [-0.2, -0.15) is 0 Å². The molecule has 2 heterocycles. The van der Waals surface area contributed by atoms with Crippen LogP contribution in [0.2, 0.25) is 5.02 Å². The number of amides is 1. The van der Waals surface area contributed by atoms with E-state index in [4.69, 9.17) is 16.3 Å². The van der Waals surface area contributed by atoms with E-state index in [1.165, 1.54) is 24.3 Å². The monoisotopic (exact) mass is 450 g/mol. The molecule has 0 aromatic heterocycles. The third-order valence-corrected chi connectivity index (χ3v) is 5.20. The first-order valence-corrected chi connectivity index (χ1v) is 9.96. The molecule has 2 aliphatic heterocycles. The Morgan fingerprint density at radius 3 is 2.58 bits per heavy atom. The molecule has 1 amide bonds. The summed E-state index contributed by atoms with van der Waals surface area (Å²) in [5.74, 6) is 0.0171. The van der Waals surface area contributed by atoms with Gasteiger partial charge in [-0.3, -0.25) is 9.79 Å². The smallest absolute Gasteiger partial charge is 0.488 e. The largest absolute Gasteiger partial charge is 0.573 e. The van der Waals surface area contributed by atoms with Crippen molar-refractivity contribution < 1.29 is 27.4 Å². The Balaban J connectivity index is 1.43. The van der Waals surface area contributed by atoms with Gasteiger partial charge in [0.25, 0.3) is 5.91 Å². The summed E-state index contributed by atoms with van der Waals surface area (Å²) in [6.07, 6.45) is 0.780. The molecular formula is C22H18ClF3N2O3. The number of alkyl halides is 3. The Morgan fingerprint density at radius 1 is 1.13 bits per heavy atom. The summed E-state index contributed by atoms with van der Waals surface area (Å²) in [5.41, 5.74) is 2.78. The number of carbonyl (C=O) groups is 1. The van der Waals surface area contributed by atoms with E-state index in [1.807, 2.05) is 6.08 Å². The second-order valence-corrected chi connectivity index (χ2v) is 7.61. The lowest BCUT2D eigenvalue weighted by Crippen LogP contribution is -2.23. The zero-order valence-corrected chi connectivity index (χ0v) is 17.0. The average molecular weight is 451 g/mol. The number of ether oxygens (including phenoxy) is 2. The molecule has 31 heavy (non-hydrogen) atoms. The van der Waals surface area contributed by atoms with Crippen LogP contribution < -0.4 is 9.47 Å². The van der Waals surface area contributed by atoms with Crippen LogP contribution in [0.4, 0.5) is 13.2 Å². The van der Waals surface area contributed by atoms with Gasteiger partial charge in [0.2, 0.25) is 0 Å². The van der Waals surface area contributed by atoms with Crippen LogP contribution in [0.25, 0.3) is 0 Å². The lowest BCUT2D eigenvalue weighted by molar-refractivity contribution is -0.274. The number of carbonyl (C=O) groups excluding carboxylic acids is 1. The standard InChI is InChI=1S/C22H18ClF3N2O3/c23-19-10-18(30-13-16-3-1-2-8-27-16)9-15-12-28(21(29)20(15)19)11-14-4-6-17(7-5-14)31-22(24,25)26/h2,4-10H,1,3,11-13H2. The van der Waals surface area contributed by atoms with Gasteiger partial charge in [0, 0.05) is 19.3 Å². The number of hydrogen-bond acceptors (Lipinski definition) is 4. The van der Waals surface area contributed by atoms with Gasteiger partial charge in [0.15, 0.2) is 0 Å². The molecular weight excluding hydrogens is 433 g/mol. The minimum absolute atomic E-state index is 0.232. The maximum absolute atomic E-state index is 12.8. The first kappa shape index (κ1) is 21.2. The Morgan fingerprint density at radius 2 is 1.90 bits per heavy atom. The Kier molecular flexibility index (Phi) is 5.91. The molecule has 0 spiro atoms. The zero-order chi connectivity index (χ0) is 22.0. The minimum Gasteiger partial charge on any atom is -0.488 e. The molecule has 0 atom stereocenters. The second-order valence-electron chi connectivity index (χ2n) is 7.20. The van der Waals surface area contributed by atoms with E-state index in [0.29, 0.717) is 35.1 Å². The number of nitrogens with zero attached hydrogens (tertiary/aromatic N) is 2. The number of hydrogen-bond donors (Lipinski definition) is 0. The lowest BCUT2D eigenvalue weighted by Gasteiger charge is -2.16. The molecule has 0 radical (unpaired) electrons. The van der Waals surface area contributed by atoms with E-state index in [1.54, 1.807) is 23.2 Å². The summed E-state index contributed by atoms with van der Waals surface area (Å²) in [6.45, 7) is 0.911. The van der Waals surface area contributed by atoms with Gasteiger partial charge in [0.05, 0.1) is 16.3 Å². The second kappa shape index (κ2) is 8.63. The molecule has 2 aromatic rings. The van der Waals surface area contributed by atoms with Crippen LogP contribution in [-0.2, 0) is 13.1 Å². The van der Waals surface area contributed by atoms with Crippen molar-refractivity contribution in [3.63, 3.8) is 0 Å². The van der Waals surface area contributed by atoms with Crippen molar-refractivity contribution in [3.8, 4) is 11.5 Å². The third kappa shape index (κ3) is 5.19. The molecule has 5 nitrogen and oxygen atoms in total. The summed E-state index contributed by atoms with van der Waals surface area (Å²) in [7, 11) is 0. The maximum atomic E-state index is 12.8. The van der Waals surface area contributed by atoms with Crippen molar-refractivity contribution in [2.24, 2.45) is 4.99 Å². The molecule has 0 unspecified atom stereocenters. The quantitative estimate of drug-likeness (QED) is 0.582. The van der Waals surface area contributed by atoms with Crippen LogP contribution in [0.15, 0.2) is 53.7 Å². The molecule has 9 heteroatoms. The fraction of sp³-hybridized carbons (Fsp3) is 0.273. The molecule has 0 saturated carbocycles. The summed E-state index contributed by atoms with van der Waals surface area (Å²) in [4.78, 5) is 18.7. The van der Waals surface area contributed by atoms with Gasteiger partial charge >= 0.3 is 6.36 Å². The summed E-state index contributed by atoms with van der Waals surface area (Å²) < 4.78 is 46.6.